The van der Waals surface area contributed by atoms with Gasteiger partial charge in [-0.1, -0.05) is 13.0 Å². The monoisotopic (exact) mass is 208 g/mol. The van der Waals surface area contributed by atoms with Crippen LogP contribution in [0.5, 0.6) is 0 Å². The molecule has 1 aromatic rings. The lowest BCUT2D eigenvalue weighted by molar-refractivity contribution is 0.0507. The summed E-state index contributed by atoms with van der Waals surface area (Å²) in [4.78, 5) is 4.21. The Kier molecular flexibility index (Phi) is 4.72. The quantitative estimate of drug-likeness (QED) is 0.694. The molecule has 0 saturated heterocycles. The van der Waals surface area contributed by atoms with Crippen molar-refractivity contribution in [2.75, 3.05) is 13.1 Å². The van der Waals surface area contributed by atoms with Gasteiger partial charge >= 0.3 is 0 Å². The summed E-state index contributed by atoms with van der Waals surface area (Å²) in [5.74, 6) is 0. The Bertz CT molecular complexity index is 272. The van der Waals surface area contributed by atoms with Crippen LogP contribution in [-0.4, -0.2) is 28.8 Å². The highest BCUT2D eigenvalue weighted by molar-refractivity contribution is 5.06. The fraction of sp³-hybridized carbons (Fsp3) is 0.583. The van der Waals surface area contributed by atoms with Crippen molar-refractivity contribution >= 4 is 0 Å². The van der Waals surface area contributed by atoms with Gasteiger partial charge in [0.1, 0.15) is 0 Å². The van der Waals surface area contributed by atoms with Crippen LogP contribution >= 0.6 is 0 Å². The normalized spacial score (nSPS) is 14.9. The molecular weight excluding hydrogens is 188 g/mol. The van der Waals surface area contributed by atoms with E-state index in [2.05, 4.69) is 17.2 Å². The van der Waals surface area contributed by atoms with Crippen LogP contribution in [0.4, 0.5) is 0 Å². The van der Waals surface area contributed by atoms with Crippen LogP contribution in [0.3, 0.4) is 0 Å². The van der Waals surface area contributed by atoms with Crippen LogP contribution in [-0.2, 0) is 6.42 Å². The summed E-state index contributed by atoms with van der Waals surface area (Å²) in [5.41, 5.74) is 0.273. The van der Waals surface area contributed by atoms with Crippen molar-refractivity contribution in [3.05, 3.63) is 30.1 Å². The van der Waals surface area contributed by atoms with Crippen molar-refractivity contribution in [2.45, 2.75) is 32.3 Å². The van der Waals surface area contributed by atoms with Crippen molar-refractivity contribution in [1.82, 2.24) is 10.3 Å². The van der Waals surface area contributed by atoms with E-state index in [1.807, 2.05) is 25.1 Å². The minimum atomic E-state index is -0.670. The maximum atomic E-state index is 10.1. The first kappa shape index (κ1) is 12.1. The fourth-order valence-corrected chi connectivity index (χ4v) is 1.52. The number of hydrogen-bond donors (Lipinski definition) is 2. The third-order valence-electron chi connectivity index (χ3n) is 2.38. The van der Waals surface area contributed by atoms with E-state index >= 15 is 0 Å². The van der Waals surface area contributed by atoms with Crippen molar-refractivity contribution in [3.63, 3.8) is 0 Å². The van der Waals surface area contributed by atoms with Gasteiger partial charge in [0, 0.05) is 18.3 Å². The molecule has 1 atom stereocenters. The molecule has 1 aromatic heterocycles. The summed E-state index contributed by atoms with van der Waals surface area (Å²) in [7, 11) is 0. The molecule has 3 nitrogen and oxygen atoms in total. The van der Waals surface area contributed by atoms with Gasteiger partial charge in [-0.05, 0) is 38.6 Å². The molecule has 1 heterocycles. The molecule has 0 aliphatic heterocycles. The molecule has 84 valence electrons. The second-order valence-corrected chi connectivity index (χ2v) is 4.10. The average Bonchev–Trinajstić information content (AvgIpc) is 2.18. The van der Waals surface area contributed by atoms with Crippen molar-refractivity contribution in [2.24, 2.45) is 0 Å². The first-order chi connectivity index (χ1) is 7.14. The molecule has 3 heteroatoms. The zero-order chi connectivity index (χ0) is 11.1. The zero-order valence-corrected chi connectivity index (χ0v) is 9.53. The number of nitrogens with zero attached hydrogens (tertiary/aromatic N) is 1. The van der Waals surface area contributed by atoms with Gasteiger partial charge in [-0.2, -0.15) is 0 Å². The van der Waals surface area contributed by atoms with Gasteiger partial charge in [0.05, 0.1) is 5.60 Å². The summed E-state index contributed by atoms with van der Waals surface area (Å²) in [6.45, 7) is 5.71. The Morgan fingerprint density at radius 3 is 2.87 bits per heavy atom. The Hall–Kier alpha value is -0.930. The molecule has 0 saturated carbocycles. The molecule has 0 amide bonds. The number of pyridine rings is 1. The summed E-state index contributed by atoms with van der Waals surface area (Å²) < 4.78 is 0. The number of nitrogens with one attached hydrogen (secondary N) is 1. The lowest BCUT2D eigenvalue weighted by Crippen LogP contribution is -2.32. The Balaban J connectivity index is 2.42. The SMILES string of the molecule is CCNCCC(C)(O)Cc1ccccn1. The van der Waals surface area contributed by atoms with Crippen LogP contribution in [0, 0.1) is 0 Å². The minimum absolute atomic E-state index is 0.610. The van der Waals surface area contributed by atoms with Gasteiger partial charge in [-0.15, -0.1) is 0 Å². The number of hydrogen-bond acceptors (Lipinski definition) is 3. The Morgan fingerprint density at radius 2 is 2.27 bits per heavy atom. The third-order valence-corrected chi connectivity index (χ3v) is 2.38. The minimum Gasteiger partial charge on any atom is -0.390 e. The molecular formula is C12H20N2O. The molecule has 0 aromatic carbocycles. The standard InChI is InChI=1S/C12H20N2O/c1-3-13-9-7-12(2,15)10-11-6-4-5-8-14-11/h4-6,8,13,15H,3,7,9-10H2,1-2H3. The summed E-state index contributed by atoms with van der Waals surface area (Å²) in [6.07, 6.45) is 3.12. The summed E-state index contributed by atoms with van der Waals surface area (Å²) in [5, 5.41) is 13.3. The molecule has 0 aliphatic carbocycles. The van der Waals surface area contributed by atoms with E-state index in [-0.39, 0.29) is 0 Å². The smallest absolute Gasteiger partial charge is 0.0687 e. The second-order valence-electron chi connectivity index (χ2n) is 4.10. The molecule has 0 fully saturated rings. The number of aliphatic hydroxyl groups is 1. The van der Waals surface area contributed by atoms with E-state index in [1.165, 1.54) is 0 Å². The highest BCUT2D eigenvalue weighted by Gasteiger charge is 2.20. The maximum Gasteiger partial charge on any atom is 0.0687 e. The molecule has 0 spiro atoms. The second kappa shape index (κ2) is 5.83. The van der Waals surface area contributed by atoms with Gasteiger partial charge in [-0.25, -0.2) is 0 Å². The van der Waals surface area contributed by atoms with Crippen molar-refractivity contribution < 1.29 is 5.11 Å². The van der Waals surface area contributed by atoms with E-state index in [9.17, 15) is 5.11 Å². The largest absolute Gasteiger partial charge is 0.390 e. The fourth-order valence-electron chi connectivity index (χ4n) is 1.52. The van der Waals surface area contributed by atoms with Crippen LogP contribution in [0.25, 0.3) is 0 Å². The Labute approximate surface area is 91.5 Å². The Morgan fingerprint density at radius 1 is 1.47 bits per heavy atom. The van der Waals surface area contributed by atoms with Crippen LogP contribution in [0.15, 0.2) is 24.4 Å². The van der Waals surface area contributed by atoms with Crippen LogP contribution in [0.2, 0.25) is 0 Å². The predicted octanol–water partition coefficient (Wildman–Crippen LogP) is 1.37. The van der Waals surface area contributed by atoms with Gasteiger partial charge in [0.25, 0.3) is 0 Å². The van der Waals surface area contributed by atoms with Crippen LogP contribution < -0.4 is 5.32 Å². The average molecular weight is 208 g/mol. The lowest BCUT2D eigenvalue weighted by atomic mass is 9.96. The highest BCUT2D eigenvalue weighted by Crippen LogP contribution is 2.14. The molecule has 15 heavy (non-hydrogen) atoms. The number of aromatic nitrogens is 1. The molecule has 0 aliphatic rings. The lowest BCUT2D eigenvalue weighted by Gasteiger charge is -2.22. The zero-order valence-electron chi connectivity index (χ0n) is 9.53. The van der Waals surface area contributed by atoms with Gasteiger partial charge in [0.2, 0.25) is 0 Å². The van der Waals surface area contributed by atoms with E-state index < -0.39 is 5.60 Å². The van der Waals surface area contributed by atoms with E-state index in [1.54, 1.807) is 6.20 Å². The predicted molar refractivity (Wildman–Crippen MR) is 61.7 cm³/mol. The highest BCUT2D eigenvalue weighted by atomic mass is 16.3. The first-order valence-electron chi connectivity index (χ1n) is 5.47. The van der Waals surface area contributed by atoms with Gasteiger partial charge in [0.15, 0.2) is 0 Å². The third kappa shape index (κ3) is 4.91. The topological polar surface area (TPSA) is 45.1 Å². The molecule has 0 bridgehead atoms. The molecule has 1 unspecified atom stereocenters. The molecule has 2 N–H and O–H groups in total. The summed E-state index contributed by atoms with van der Waals surface area (Å²) in [6, 6.07) is 5.78. The van der Waals surface area contributed by atoms with Gasteiger partial charge < -0.3 is 10.4 Å². The van der Waals surface area contributed by atoms with Gasteiger partial charge in [-0.3, -0.25) is 4.98 Å². The summed E-state index contributed by atoms with van der Waals surface area (Å²) >= 11 is 0. The van der Waals surface area contributed by atoms with Crippen molar-refractivity contribution in [1.29, 1.82) is 0 Å². The molecule has 1 rings (SSSR count). The molecule has 0 radical (unpaired) electrons. The number of rotatable bonds is 6. The van der Waals surface area contributed by atoms with Crippen molar-refractivity contribution in [3.8, 4) is 0 Å². The maximum absolute atomic E-state index is 10.1. The van der Waals surface area contributed by atoms with E-state index in [0.29, 0.717) is 6.42 Å². The first-order valence-corrected chi connectivity index (χ1v) is 5.47. The van der Waals surface area contributed by atoms with E-state index in [0.717, 1.165) is 25.2 Å². The van der Waals surface area contributed by atoms with E-state index in [4.69, 9.17) is 0 Å². The van der Waals surface area contributed by atoms with Crippen LogP contribution in [0.1, 0.15) is 26.0 Å².